The summed E-state index contributed by atoms with van der Waals surface area (Å²) in [5, 5.41) is 9.03. The van der Waals surface area contributed by atoms with Crippen LogP contribution in [-0.2, 0) is 4.79 Å². The third kappa shape index (κ3) is 3.30. The minimum absolute atomic E-state index is 0.190. The molecule has 5 nitrogen and oxygen atoms in total. The molecule has 1 aliphatic heterocycles. The maximum Gasteiger partial charge on any atom is 0.303 e. The van der Waals surface area contributed by atoms with E-state index in [2.05, 4.69) is 14.9 Å². The second-order valence-corrected chi connectivity index (χ2v) is 4.57. The van der Waals surface area contributed by atoms with E-state index >= 15 is 0 Å². The topological polar surface area (TPSA) is 66.3 Å². The highest BCUT2D eigenvalue weighted by atomic mass is 35.5. The lowest BCUT2D eigenvalue weighted by Gasteiger charge is -2.32. The Kier molecular flexibility index (Phi) is 3.78. The molecule has 0 aliphatic carbocycles. The van der Waals surface area contributed by atoms with Gasteiger partial charge in [0.1, 0.15) is 5.82 Å². The van der Waals surface area contributed by atoms with Gasteiger partial charge in [0.25, 0.3) is 0 Å². The fourth-order valence-corrected chi connectivity index (χ4v) is 2.33. The zero-order chi connectivity index (χ0) is 12.3. The van der Waals surface area contributed by atoms with Gasteiger partial charge in [0.05, 0.1) is 0 Å². The molecule has 0 unspecified atom stereocenters. The monoisotopic (exact) mass is 255 g/mol. The van der Waals surface area contributed by atoms with Crippen molar-refractivity contribution >= 4 is 23.4 Å². The van der Waals surface area contributed by atoms with Gasteiger partial charge in [0.2, 0.25) is 5.28 Å². The van der Waals surface area contributed by atoms with Crippen LogP contribution in [0.5, 0.6) is 0 Å². The van der Waals surface area contributed by atoms with Gasteiger partial charge in [-0.1, -0.05) is 0 Å². The van der Waals surface area contributed by atoms with Crippen LogP contribution in [0.15, 0.2) is 12.3 Å². The smallest absolute Gasteiger partial charge is 0.303 e. The van der Waals surface area contributed by atoms with Gasteiger partial charge in [-0.05, 0) is 36.4 Å². The predicted molar refractivity (Wildman–Crippen MR) is 64.2 cm³/mol. The lowest BCUT2D eigenvalue weighted by atomic mass is 9.95. The van der Waals surface area contributed by atoms with E-state index < -0.39 is 5.97 Å². The first-order valence-electron chi connectivity index (χ1n) is 5.60. The average Bonchev–Trinajstić information content (AvgIpc) is 2.28. The van der Waals surface area contributed by atoms with Crippen LogP contribution in [0.4, 0.5) is 5.82 Å². The number of hydrogen-bond acceptors (Lipinski definition) is 4. The number of aromatic nitrogens is 2. The molecule has 0 aromatic carbocycles. The van der Waals surface area contributed by atoms with Gasteiger partial charge in [-0.2, -0.15) is 0 Å². The lowest BCUT2D eigenvalue weighted by Crippen LogP contribution is -2.36. The Morgan fingerprint density at radius 2 is 2.47 bits per heavy atom. The van der Waals surface area contributed by atoms with Crippen molar-refractivity contribution in [1.82, 2.24) is 9.97 Å². The molecule has 1 aliphatic rings. The quantitative estimate of drug-likeness (QED) is 0.835. The molecule has 1 saturated heterocycles. The van der Waals surface area contributed by atoms with Crippen molar-refractivity contribution in [2.75, 3.05) is 18.0 Å². The molecule has 1 aromatic rings. The summed E-state index contributed by atoms with van der Waals surface area (Å²) in [5.74, 6) is 0.229. The molecule has 0 spiro atoms. The molecule has 17 heavy (non-hydrogen) atoms. The van der Waals surface area contributed by atoms with Gasteiger partial charge in [-0.15, -0.1) is 0 Å². The maximum absolute atomic E-state index is 10.7. The number of anilines is 1. The SMILES string of the molecule is O=C(O)C[C@@H]1CCCN(c2ccnc(Cl)n2)C1. The number of halogens is 1. The standard InChI is InChI=1S/C11H14ClN3O2/c12-11-13-4-3-9(14-11)15-5-1-2-8(7-15)6-10(16)17/h3-4,8H,1-2,5-7H2,(H,16,17)/t8-/m0/s1. The van der Waals surface area contributed by atoms with Crippen molar-refractivity contribution < 1.29 is 9.90 Å². The Morgan fingerprint density at radius 3 is 3.18 bits per heavy atom. The second-order valence-electron chi connectivity index (χ2n) is 4.24. The zero-order valence-corrected chi connectivity index (χ0v) is 10.1. The van der Waals surface area contributed by atoms with Crippen molar-refractivity contribution in [1.29, 1.82) is 0 Å². The van der Waals surface area contributed by atoms with E-state index in [1.54, 1.807) is 12.3 Å². The van der Waals surface area contributed by atoms with Crippen LogP contribution in [0.1, 0.15) is 19.3 Å². The van der Waals surface area contributed by atoms with Crippen molar-refractivity contribution in [3.8, 4) is 0 Å². The highest BCUT2D eigenvalue weighted by Gasteiger charge is 2.22. The van der Waals surface area contributed by atoms with E-state index in [9.17, 15) is 4.79 Å². The minimum Gasteiger partial charge on any atom is -0.481 e. The summed E-state index contributed by atoms with van der Waals surface area (Å²) in [5.41, 5.74) is 0. The molecule has 0 radical (unpaired) electrons. The average molecular weight is 256 g/mol. The van der Waals surface area contributed by atoms with E-state index in [4.69, 9.17) is 16.7 Å². The van der Waals surface area contributed by atoms with Gasteiger partial charge < -0.3 is 10.0 Å². The summed E-state index contributed by atoms with van der Waals surface area (Å²) < 4.78 is 0. The van der Waals surface area contributed by atoms with Crippen LogP contribution in [0.3, 0.4) is 0 Å². The number of aliphatic carboxylic acids is 1. The Balaban J connectivity index is 2.04. The molecule has 0 saturated carbocycles. The van der Waals surface area contributed by atoms with Crippen LogP contribution in [0, 0.1) is 5.92 Å². The van der Waals surface area contributed by atoms with E-state index in [0.717, 1.165) is 31.7 Å². The molecule has 1 N–H and O–H groups in total. The molecule has 2 heterocycles. The third-order valence-corrected chi connectivity index (χ3v) is 3.10. The third-order valence-electron chi connectivity index (χ3n) is 2.92. The largest absolute Gasteiger partial charge is 0.481 e. The highest BCUT2D eigenvalue weighted by Crippen LogP contribution is 2.23. The molecule has 1 atom stereocenters. The van der Waals surface area contributed by atoms with Crippen LogP contribution in [0.2, 0.25) is 5.28 Å². The molecule has 6 heteroatoms. The molecular formula is C11H14ClN3O2. The van der Waals surface area contributed by atoms with Gasteiger partial charge in [-0.3, -0.25) is 4.79 Å². The van der Waals surface area contributed by atoms with Crippen LogP contribution >= 0.6 is 11.6 Å². The summed E-state index contributed by atoms with van der Waals surface area (Å²) in [4.78, 5) is 20.8. The molecule has 0 bridgehead atoms. The molecule has 92 valence electrons. The number of piperidine rings is 1. The predicted octanol–water partition coefficient (Wildman–Crippen LogP) is 1.82. The normalized spacial score (nSPS) is 20.3. The Bertz CT molecular complexity index is 413. The van der Waals surface area contributed by atoms with Gasteiger partial charge in [-0.25, -0.2) is 9.97 Å². The Morgan fingerprint density at radius 1 is 1.65 bits per heavy atom. The number of carboxylic acids is 1. The van der Waals surface area contributed by atoms with E-state index in [1.807, 2.05) is 0 Å². The molecule has 1 aromatic heterocycles. The highest BCUT2D eigenvalue weighted by molar-refractivity contribution is 6.28. The Hall–Kier alpha value is -1.36. The Labute approximate surface area is 104 Å². The summed E-state index contributed by atoms with van der Waals surface area (Å²) in [6.07, 6.45) is 3.78. The maximum atomic E-state index is 10.7. The first kappa shape index (κ1) is 12.1. The van der Waals surface area contributed by atoms with Crippen molar-refractivity contribution in [2.24, 2.45) is 5.92 Å². The fourth-order valence-electron chi connectivity index (χ4n) is 2.19. The number of rotatable bonds is 3. The van der Waals surface area contributed by atoms with E-state index in [-0.39, 0.29) is 17.6 Å². The summed E-state index contributed by atoms with van der Waals surface area (Å²) in [6.45, 7) is 1.61. The molecule has 1 fully saturated rings. The van der Waals surface area contributed by atoms with Crippen LogP contribution in [0.25, 0.3) is 0 Å². The van der Waals surface area contributed by atoms with Crippen molar-refractivity contribution in [2.45, 2.75) is 19.3 Å². The summed E-state index contributed by atoms with van der Waals surface area (Å²) in [6, 6.07) is 1.80. The zero-order valence-electron chi connectivity index (χ0n) is 9.34. The van der Waals surface area contributed by atoms with Crippen molar-refractivity contribution in [3.05, 3.63) is 17.5 Å². The summed E-state index contributed by atoms with van der Waals surface area (Å²) in [7, 11) is 0. The van der Waals surface area contributed by atoms with E-state index in [1.165, 1.54) is 0 Å². The van der Waals surface area contributed by atoms with Crippen LogP contribution < -0.4 is 4.90 Å². The minimum atomic E-state index is -0.738. The lowest BCUT2D eigenvalue weighted by molar-refractivity contribution is -0.138. The number of nitrogens with zero attached hydrogens (tertiary/aromatic N) is 3. The summed E-state index contributed by atoms with van der Waals surface area (Å²) >= 11 is 5.74. The number of hydrogen-bond donors (Lipinski definition) is 1. The number of carboxylic acid groups (broad SMARTS) is 1. The van der Waals surface area contributed by atoms with Crippen LogP contribution in [-0.4, -0.2) is 34.1 Å². The molecule has 2 rings (SSSR count). The molecular weight excluding hydrogens is 242 g/mol. The van der Waals surface area contributed by atoms with Crippen molar-refractivity contribution in [3.63, 3.8) is 0 Å². The fraction of sp³-hybridized carbons (Fsp3) is 0.545. The second kappa shape index (κ2) is 5.31. The van der Waals surface area contributed by atoms with Gasteiger partial charge in [0.15, 0.2) is 0 Å². The van der Waals surface area contributed by atoms with Gasteiger partial charge in [0, 0.05) is 25.7 Å². The van der Waals surface area contributed by atoms with Gasteiger partial charge >= 0.3 is 5.97 Å². The first-order valence-corrected chi connectivity index (χ1v) is 5.98. The first-order chi connectivity index (χ1) is 8.15. The number of carbonyl (C=O) groups is 1. The molecule has 0 amide bonds. The van der Waals surface area contributed by atoms with E-state index in [0.29, 0.717) is 0 Å².